The summed E-state index contributed by atoms with van der Waals surface area (Å²) in [4.78, 5) is 14.4. The number of primary amides is 1. The second-order valence-electron chi connectivity index (χ2n) is 3.97. The molecule has 0 aliphatic carbocycles. The Kier molecular flexibility index (Phi) is 5.14. The van der Waals surface area contributed by atoms with Crippen molar-refractivity contribution in [2.75, 3.05) is 6.61 Å². The Morgan fingerprint density at radius 1 is 1.37 bits per heavy atom. The number of rotatable bonds is 6. The summed E-state index contributed by atoms with van der Waals surface area (Å²) in [5, 5.41) is 0. The second-order valence-corrected chi connectivity index (χ2v) is 3.97. The third kappa shape index (κ3) is 4.42. The van der Waals surface area contributed by atoms with Gasteiger partial charge in [-0.1, -0.05) is 19.8 Å². The minimum Gasteiger partial charge on any atom is -0.477 e. The summed E-state index contributed by atoms with van der Waals surface area (Å²) < 4.78 is 42.7. The smallest absolute Gasteiger partial charge is 0.433 e. The Labute approximate surface area is 108 Å². The van der Waals surface area contributed by atoms with Gasteiger partial charge < -0.3 is 10.5 Å². The zero-order valence-electron chi connectivity index (χ0n) is 10.5. The van der Waals surface area contributed by atoms with Gasteiger partial charge in [0.05, 0.1) is 6.61 Å². The van der Waals surface area contributed by atoms with E-state index in [1.807, 2.05) is 6.92 Å². The lowest BCUT2D eigenvalue weighted by Crippen LogP contribution is -2.17. The first-order valence-corrected chi connectivity index (χ1v) is 5.87. The predicted octanol–water partition coefficient (Wildman–Crippen LogP) is 2.77. The molecule has 7 heteroatoms. The Balaban J connectivity index is 2.93. The fourth-order valence-corrected chi connectivity index (χ4v) is 1.42. The van der Waals surface area contributed by atoms with Crippen LogP contribution in [0.5, 0.6) is 5.88 Å². The maximum atomic E-state index is 12.5. The van der Waals surface area contributed by atoms with Crippen LogP contribution in [0.2, 0.25) is 0 Å². The van der Waals surface area contributed by atoms with E-state index in [4.69, 9.17) is 10.5 Å². The molecule has 0 spiro atoms. The molecule has 106 valence electrons. The average Bonchev–Trinajstić information content (AvgIpc) is 2.33. The predicted molar refractivity (Wildman–Crippen MR) is 62.8 cm³/mol. The van der Waals surface area contributed by atoms with Gasteiger partial charge in [-0.3, -0.25) is 4.79 Å². The molecule has 0 aliphatic heterocycles. The fourth-order valence-electron chi connectivity index (χ4n) is 1.42. The van der Waals surface area contributed by atoms with Gasteiger partial charge in [-0.15, -0.1) is 0 Å². The Bertz CT molecular complexity index is 447. The molecule has 0 fully saturated rings. The summed E-state index contributed by atoms with van der Waals surface area (Å²) >= 11 is 0. The van der Waals surface area contributed by atoms with Crippen LogP contribution in [0, 0.1) is 0 Å². The summed E-state index contributed by atoms with van der Waals surface area (Å²) in [6.07, 6.45) is -2.09. The van der Waals surface area contributed by atoms with Crippen LogP contribution in [0.25, 0.3) is 0 Å². The van der Waals surface area contributed by atoms with E-state index < -0.39 is 17.8 Å². The van der Waals surface area contributed by atoms with Gasteiger partial charge in [0.15, 0.2) is 0 Å². The third-order valence-electron chi connectivity index (χ3n) is 2.40. The van der Waals surface area contributed by atoms with Crippen molar-refractivity contribution in [3.63, 3.8) is 0 Å². The summed E-state index contributed by atoms with van der Waals surface area (Å²) in [7, 11) is 0. The standard InChI is InChI=1S/C12H15F3N2O2/c1-2-3-4-7-19-11-8(10(16)18)5-6-9(17-11)12(13,14)15/h5-6H,2-4,7H2,1H3,(H2,16,18). The molecule has 4 nitrogen and oxygen atoms in total. The molecule has 0 unspecified atom stereocenters. The highest BCUT2D eigenvalue weighted by atomic mass is 19.4. The van der Waals surface area contributed by atoms with Gasteiger partial charge in [-0.05, 0) is 18.6 Å². The number of unbranched alkanes of at least 4 members (excludes halogenated alkanes) is 2. The van der Waals surface area contributed by atoms with Crippen molar-refractivity contribution >= 4 is 5.91 Å². The van der Waals surface area contributed by atoms with E-state index in [1.54, 1.807) is 0 Å². The molecule has 1 amide bonds. The number of nitrogens with two attached hydrogens (primary N) is 1. The molecule has 0 aromatic carbocycles. The highest BCUT2D eigenvalue weighted by molar-refractivity contribution is 5.95. The van der Waals surface area contributed by atoms with Crippen LogP contribution in [0.15, 0.2) is 12.1 Å². The van der Waals surface area contributed by atoms with Crippen LogP contribution in [0.3, 0.4) is 0 Å². The molecule has 19 heavy (non-hydrogen) atoms. The SMILES string of the molecule is CCCCCOc1nc(C(F)(F)F)ccc1C(N)=O. The summed E-state index contributed by atoms with van der Waals surface area (Å²) in [5.41, 5.74) is 3.81. The molecule has 0 atom stereocenters. The van der Waals surface area contributed by atoms with Crippen LogP contribution < -0.4 is 10.5 Å². The van der Waals surface area contributed by atoms with Gasteiger partial charge in [0.25, 0.3) is 5.91 Å². The number of hydrogen-bond donors (Lipinski definition) is 1. The number of halogens is 3. The molecular weight excluding hydrogens is 261 g/mol. The minimum atomic E-state index is -4.59. The number of carbonyl (C=O) groups is 1. The molecule has 1 aromatic heterocycles. The van der Waals surface area contributed by atoms with Gasteiger partial charge >= 0.3 is 6.18 Å². The van der Waals surface area contributed by atoms with E-state index in [1.165, 1.54) is 0 Å². The molecule has 0 aliphatic rings. The van der Waals surface area contributed by atoms with E-state index >= 15 is 0 Å². The molecule has 0 bridgehead atoms. The van der Waals surface area contributed by atoms with Crippen molar-refractivity contribution in [1.29, 1.82) is 0 Å². The molecular formula is C12H15F3N2O2. The third-order valence-corrected chi connectivity index (χ3v) is 2.40. The summed E-state index contributed by atoms with van der Waals surface area (Å²) in [5.74, 6) is -1.23. The molecule has 1 heterocycles. The highest BCUT2D eigenvalue weighted by Gasteiger charge is 2.33. The van der Waals surface area contributed by atoms with Gasteiger partial charge in [0, 0.05) is 0 Å². The molecule has 1 aromatic rings. The van der Waals surface area contributed by atoms with Crippen LogP contribution in [0.4, 0.5) is 13.2 Å². The highest BCUT2D eigenvalue weighted by Crippen LogP contribution is 2.30. The quantitative estimate of drug-likeness (QED) is 0.812. The lowest BCUT2D eigenvalue weighted by Gasteiger charge is -2.11. The molecule has 0 saturated heterocycles. The number of nitrogens with zero attached hydrogens (tertiary/aromatic N) is 1. The van der Waals surface area contributed by atoms with E-state index in [-0.39, 0.29) is 18.1 Å². The van der Waals surface area contributed by atoms with E-state index in [9.17, 15) is 18.0 Å². The number of aromatic nitrogens is 1. The topological polar surface area (TPSA) is 65.2 Å². The number of alkyl halides is 3. The lowest BCUT2D eigenvalue weighted by atomic mass is 10.2. The number of hydrogen-bond acceptors (Lipinski definition) is 3. The van der Waals surface area contributed by atoms with E-state index in [2.05, 4.69) is 4.98 Å². The number of pyridine rings is 1. The molecule has 1 rings (SSSR count). The molecule has 0 radical (unpaired) electrons. The number of amides is 1. The Morgan fingerprint density at radius 3 is 2.58 bits per heavy atom. The van der Waals surface area contributed by atoms with Crippen LogP contribution in [-0.2, 0) is 6.18 Å². The Morgan fingerprint density at radius 2 is 2.05 bits per heavy atom. The first kappa shape index (κ1) is 15.3. The number of ether oxygens (including phenoxy) is 1. The summed E-state index contributed by atoms with van der Waals surface area (Å²) in [6.45, 7) is 2.18. The Hall–Kier alpha value is -1.79. The van der Waals surface area contributed by atoms with Crippen molar-refractivity contribution < 1.29 is 22.7 Å². The van der Waals surface area contributed by atoms with Gasteiger partial charge in [-0.25, -0.2) is 4.98 Å². The second kappa shape index (κ2) is 6.40. The maximum Gasteiger partial charge on any atom is 0.433 e. The first-order valence-electron chi connectivity index (χ1n) is 5.87. The molecule has 0 saturated carbocycles. The summed E-state index contributed by atoms with van der Waals surface area (Å²) in [6, 6.07) is 1.69. The largest absolute Gasteiger partial charge is 0.477 e. The lowest BCUT2D eigenvalue weighted by molar-refractivity contribution is -0.141. The van der Waals surface area contributed by atoms with Gasteiger partial charge in [-0.2, -0.15) is 13.2 Å². The fraction of sp³-hybridized carbons (Fsp3) is 0.500. The van der Waals surface area contributed by atoms with E-state index in [0.29, 0.717) is 12.5 Å². The van der Waals surface area contributed by atoms with Crippen LogP contribution >= 0.6 is 0 Å². The zero-order valence-corrected chi connectivity index (χ0v) is 10.5. The normalized spacial score (nSPS) is 11.4. The van der Waals surface area contributed by atoms with E-state index in [0.717, 1.165) is 18.9 Å². The van der Waals surface area contributed by atoms with Crippen LogP contribution in [0.1, 0.15) is 42.2 Å². The zero-order chi connectivity index (χ0) is 14.5. The van der Waals surface area contributed by atoms with Crippen molar-refractivity contribution in [3.8, 4) is 5.88 Å². The number of carbonyl (C=O) groups excluding carboxylic acids is 1. The monoisotopic (exact) mass is 276 g/mol. The first-order chi connectivity index (χ1) is 8.86. The van der Waals surface area contributed by atoms with Crippen LogP contribution in [-0.4, -0.2) is 17.5 Å². The van der Waals surface area contributed by atoms with Crippen molar-refractivity contribution in [2.24, 2.45) is 5.73 Å². The molecule has 2 N–H and O–H groups in total. The maximum absolute atomic E-state index is 12.5. The van der Waals surface area contributed by atoms with Gasteiger partial charge in [0.1, 0.15) is 11.3 Å². The minimum absolute atomic E-state index is 0.149. The van der Waals surface area contributed by atoms with Gasteiger partial charge in [0.2, 0.25) is 5.88 Å². The average molecular weight is 276 g/mol. The van der Waals surface area contributed by atoms with Crippen molar-refractivity contribution in [3.05, 3.63) is 23.4 Å². The van der Waals surface area contributed by atoms with Crippen molar-refractivity contribution in [2.45, 2.75) is 32.4 Å². The van der Waals surface area contributed by atoms with Crippen molar-refractivity contribution in [1.82, 2.24) is 4.98 Å².